The zero-order chi connectivity index (χ0) is 16.8. The van der Waals surface area contributed by atoms with E-state index >= 15 is 0 Å². The van der Waals surface area contributed by atoms with Crippen molar-refractivity contribution in [3.05, 3.63) is 65.1 Å². The van der Waals surface area contributed by atoms with Gasteiger partial charge in [0.05, 0.1) is 11.8 Å². The summed E-state index contributed by atoms with van der Waals surface area (Å²) in [5, 5.41) is 28.9. The van der Waals surface area contributed by atoms with Crippen LogP contribution in [0.2, 0.25) is 0 Å². The molecule has 4 rings (SSSR count). The van der Waals surface area contributed by atoms with Crippen molar-refractivity contribution in [2.45, 2.75) is 6.42 Å². The van der Waals surface area contributed by atoms with Gasteiger partial charge in [-0.2, -0.15) is 0 Å². The lowest BCUT2D eigenvalue weighted by Gasteiger charge is -2.15. The number of aromatic hydroxyl groups is 3. The number of benzene rings is 2. The van der Waals surface area contributed by atoms with Gasteiger partial charge in [-0.3, -0.25) is 4.79 Å². The minimum Gasteiger partial charge on any atom is -0.508 e. The Balaban J connectivity index is 1.65. The van der Waals surface area contributed by atoms with Crippen molar-refractivity contribution < 1.29 is 29.6 Å². The van der Waals surface area contributed by atoms with E-state index in [2.05, 4.69) is 0 Å². The second-order valence-corrected chi connectivity index (χ2v) is 5.53. The molecule has 0 unspecified atom stereocenters. The number of ether oxygens (including phenoxy) is 2. The van der Waals surface area contributed by atoms with Gasteiger partial charge >= 0.3 is 0 Å². The third-order valence-corrected chi connectivity index (χ3v) is 3.88. The Hall–Kier alpha value is -3.41. The Bertz CT molecular complexity index is 939. The van der Waals surface area contributed by atoms with E-state index in [1.54, 1.807) is 12.1 Å². The second-order valence-electron chi connectivity index (χ2n) is 5.53. The fourth-order valence-corrected chi connectivity index (χ4v) is 2.70. The number of allylic oxidation sites excluding steroid dienone is 3. The van der Waals surface area contributed by atoms with E-state index in [0.717, 1.165) is 5.56 Å². The summed E-state index contributed by atoms with van der Waals surface area (Å²) in [7, 11) is 0. The number of carbonyl (C=O) groups is 1. The smallest absolute Gasteiger partial charge is 0.232 e. The maximum Gasteiger partial charge on any atom is 0.232 e. The number of carbonyl (C=O) groups excluding carboxylic acids is 1. The summed E-state index contributed by atoms with van der Waals surface area (Å²) in [4.78, 5) is 12.3. The van der Waals surface area contributed by atoms with E-state index in [0.29, 0.717) is 17.7 Å². The summed E-state index contributed by atoms with van der Waals surface area (Å²) in [5.74, 6) is -0.457. The van der Waals surface area contributed by atoms with Crippen LogP contribution in [0.25, 0.3) is 0 Å². The lowest BCUT2D eigenvalue weighted by molar-refractivity contribution is 0.101. The van der Waals surface area contributed by atoms with Gasteiger partial charge < -0.3 is 24.8 Å². The molecule has 0 atom stereocenters. The van der Waals surface area contributed by atoms with Gasteiger partial charge in [-0.05, 0) is 42.0 Å². The quantitative estimate of drug-likeness (QED) is 0.551. The van der Waals surface area contributed by atoms with E-state index in [1.807, 2.05) is 0 Å². The van der Waals surface area contributed by atoms with Gasteiger partial charge in [0, 0.05) is 12.0 Å². The standard InChI is InChI=1S/C18H12O6/c19-11-1-4-14-10(7-11)5-9(8-23-14)6-15-16(21)12-2-3-13(20)17(22)18(12)24-15/h1-4,6-8,19-20,22H,5H2. The van der Waals surface area contributed by atoms with Gasteiger partial charge in [-0.25, -0.2) is 0 Å². The van der Waals surface area contributed by atoms with Crippen LogP contribution in [0.15, 0.2) is 54.0 Å². The van der Waals surface area contributed by atoms with Crippen LogP contribution < -0.4 is 9.47 Å². The molecule has 2 aliphatic rings. The molecule has 0 fully saturated rings. The van der Waals surface area contributed by atoms with Crippen LogP contribution in [0.1, 0.15) is 15.9 Å². The molecule has 0 aromatic heterocycles. The van der Waals surface area contributed by atoms with Gasteiger partial charge in [-0.15, -0.1) is 0 Å². The van der Waals surface area contributed by atoms with Crippen molar-refractivity contribution in [1.82, 2.24) is 0 Å². The molecular weight excluding hydrogens is 312 g/mol. The SMILES string of the molecule is O=C1C(=CC2=COc3ccc(O)cc3C2)Oc2c1ccc(O)c2O. The number of fused-ring (bicyclic) bond motifs is 2. The van der Waals surface area contributed by atoms with Crippen LogP contribution in [-0.4, -0.2) is 21.1 Å². The zero-order valence-electron chi connectivity index (χ0n) is 12.3. The van der Waals surface area contributed by atoms with Gasteiger partial charge in [0.1, 0.15) is 11.5 Å². The Kier molecular flexibility index (Phi) is 2.99. The highest BCUT2D eigenvalue weighted by Crippen LogP contribution is 2.44. The second kappa shape index (κ2) is 5.06. The number of rotatable bonds is 1. The molecule has 0 bridgehead atoms. The first-order valence-electron chi connectivity index (χ1n) is 7.19. The van der Waals surface area contributed by atoms with Crippen LogP contribution in [0.3, 0.4) is 0 Å². The van der Waals surface area contributed by atoms with E-state index in [-0.39, 0.29) is 34.4 Å². The molecule has 2 heterocycles. The first-order chi connectivity index (χ1) is 11.5. The van der Waals surface area contributed by atoms with Gasteiger partial charge in [0.15, 0.2) is 17.3 Å². The number of phenolic OH excluding ortho intramolecular Hbond substituents is 3. The third-order valence-electron chi connectivity index (χ3n) is 3.88. The van der Waals surface area contributed by atoms with Crippen molar-refractivity contribution >= 4 is 5.78 Å². The Labute approximate surface area is 136 Å². The molecule has 0 aliphatic carbocycles. The number of hydrogen-bond acceptors (Lipinski definition) is 6. The molecule has 24 heavy (non-hydrogen) atoms. The lowest BCUT2D eigenvalue weighted by atomic mass is 10.0. The summed E-state index contributed by atoms with van der Waals surface area (Å²) >= 11 is 0. The van der Waals surface area contributed by atoms with Crippen molar-refractivity contribution in [2.75, 3.05) is 0 Å². The highest BCUT2D eigenvalue weighted by atomic mass is 16.5. The highest BCUT2D eigenvalue weighted by molar-refractivity contribution is 6.13. The Morgan fingerprint density at radius 2 is 1.92 bits per heavy atom. The predicted octanol–water partition coefficient (Wildman–Crippen LogP) is 2.78. The monoisotopic (exact) mass is 324 g/mol. The summed E-state index contributed by atoms with van der Waals surface area (Å²) in [6.07, 6.45) is 3.48. The topological polar surface area (TPSA) is 96.2 Å². The van der Waals surface area contributed by atoms with Crippen molar-refractivity contribution in [1.29, 1.82) is 0 Å². The van der Waals surface area contributed by atoms with Crippen LogP contribution >= 0.6 is 0 Å². The molecule has 3 N–H and O–H groups in total. The van der Waals surface area contributed by atoms with E-state index < -0.39 is 5.75 Å². The first-order valence-corrected chi connectivity index (χ1v) is 7.19. The zero-order valence-corrected chi connectivity index (χ0v) is 12.3. The average Bonchev–Trinajstić information content (AvgIpc) is 2.88. The molecule has 0 amide bonds. The molecule has 2 aromatic rings. The first kappa shape index (κ1) is 14.2. The van der Waals surface area contributed by atoms with Crippen LogP contribution in [0.5, 0.6) is 28.7 Å². The van der Waals surface area contributed by atoms with Crippen molar-refractivity contribution in [3.8, 4) is 28.7 Å². The fourth-order valence-electron chi connectivity index (χ4n) is 2.70. The number of ketones is 1. The van der Waals surface area contributed by atoms with Crippen LogP contribution in [0, 0.1) is 0 Å². The molecule has 6 nitrogen and oxygen atoms in total. The largest absolute Gasteiger partial charge is 0.508 e. The molecule has 2 aromatic carbocycles. The predicted molar refractivity (Wildman–Crippen MR) is 83.3 cm³/mol. The van der Waals surface area contributed by atoms with Gasteiger partial charge in [0.25, 0.3) is 0 Å². The summed E-state index contributed by atoms with van der Waals surface area (Å²) in [6.45, 7) is 0. The molecule has 0 radical (unpaired) electrons. The van der Waals surface area contributed by atoms with Crippen LogP contribution in [-0.2, 0) is 6.42 Å². The summed E-state index contributed by atoms with van der Waals surface area (Å²) in [6, 6.07) is 7.43. The summed E-state index contributed by atoms with van der Waals surface area (Å²) < 4.78 is 10.9. The fraction of sp³-hybridized carbons (Fsp3) is 0.0556. The van der Waals surface area contributed by atoms with Crippen molar-refractivity contribution in [2.24, 2.45) is 0 Å². The molecular formula is C18H12O6. The number of hydrogen-bond donors (Lipinski definition) is 3. The van der Waals surface area contributed by atoms with E-state index in [4.69, 9.17) is 9.47 Å². The number of phenols is 3. The van der Waals surface area contributed by atoms with E-state index in [9.17, 15) is 20.1 Å². The lowest BCUT2D eigenvalue weighted by Crippen LogP contribution is -2.05. The minimum absolute atomic E-state index is 0.0318. The van der Waals surface area contributed by atoms with E-state index in [1.165, 1.54) is 30.5 Å². The maximum absolute atomic E-state index is 12.3. The van der Waals surface area contributed by atoms with Crippen LogP contribution in [0.4, 0.5) is 0 Å². The van der Waals surface area contributed by atoms with Gasteiger partial charge in [0.2, 0.25) is 11.5 Å². The third kappa shape index (κ3) is 2.16. The molecule has 2 aliphatic heterocycles. The highest BCUT2D eigenvalue weighted by Gasteiger charge is 2.31. The molecule has 0 spiro atoms. The summed E-state index contributed by atoms with van der Waals surface area (Å²) in [5.41, 5.74) is 1.65. The molecule has 0 saturated carbocycles. The Morgan fingerprint density at radius 3 is 2.75 bits per heavy atom. The Morgan fingerprint density at radius 1 is 1.08 bits per heavy atom. The number of Topliss-reactive ketones (excluding diaryl/α,β-unsaturated/α-hetero) is 1. The normalized spacial score (nSPS) is 16.9. The minimum atomic E-state index is -0.464. The molecule has 0 saturated heterocycles. The average molecular weight is 324 g/mol. The molecule has 6 heteroatoms. The van der Waals surface area contributed by atoms with Gasteiger partial charge in [-0.1, -0.05) is 0 Å². The molecule has 120 valence electrons. The van der Waals surface area contributed by atoms with Crippen molar-refractivity contribution in [3.63, 3.8) is 0 Å². The maximum atomic E-state index is 12.3.